The van der Waals surface area contributed by atoms with E-state index in [1.165, 1.54) is 0 Å². The topological polar surface area (TPSA) is 93.5 Å². The average molecular weight is 273 g/mol. The van der Waals surface area contributed by atoms with Gasteiger partial charge in [-0.15, -0.1) is 0 Å². The minimum Gasteiger partial charge on any atom is -0.383 e. The van der Waals surface area contributed by atoms with Crippen molar-refractivity contribution >= 4 is 11.8 Å². The summed E-state index contributed by atoms with van der Waals surface area (Å²) in [4.78, 5) is 22.9. The van der Waals surface area contributed by atoms with Crippen molar-refractivity contribution in [3.8, 4) is 0 Å². The Balaban J connectivity index is 3.77. The molecule has 0 saturated carbocycles. The zero-order valence-corrected chi connectivity index (χ0v) is 12.4. The highest BCUT2D eigenvalue weighted by atomic mass is 16.5. The van der Waals surface area contributed by atoms with Gasteiger partial charge in [0.2, 0.25) is 11.8 Å². The number of hydrogen-bond donors (Lipinski definition) is 3. The smallest absolute Gasteiger partial charge is 0.239 e. The van der Waals surface area contributed by atoms with Gasteiger partial charge in [0.1, 0.15) is 0 Å². The van der Waals surface area contributed by atoms with Crippen molar-refractivity contribution in [1.82, 2.24) is 10.6 Å². The molecule has 0 aromatic heterocycles. The van der Waals surface area contributed by atoms with Crippen LogP contribution in [0.15, 0.2) is 0 Å². The first-order chi connectivity index (χ1) is 8.74. The number of nitrogens with two attached hydrogens (primary N) is 1. The van der Waals surface area contributed by atoms with E-state index in [2.05, 4.69) is 31.4 Å². The first kappa shape index (κ1) is 17.9. The largest absolute Gasteiger partial charge is 0.383 e. The summed E-state index contributed by atoms with van der Waals surface area (Å²) in [5.41, 5.74) is 5.98. The SMILES string of the molecule is COCCNC(=O)CNC(=O)CC(N)CC(C)(C)C. The second-order valence-electron chi connectivity index (χ2n) is 5.85. The van der Waals surface area contributed by atoms with Crippen LogP contribution in [0.4, 0.5) is 0 Å². The van der Waals surface area contributed by atoms with Crippen LogP contribution in [0.2, 0.25) is 0 Å². The Morgan fingerprint density at radius 1 is 1.21 bits per heavy atom. The van der Waals surface area contributed by atoms with Crippen LogP contribution < -0.4 is 16.4 Å². The molecule has 0 radical (unpaired) electrons. The summed E-state index contributed by atoms with van der Waals surface area (Å²) in [5.74, 6) is -0.423. The van der Waals surface area contributed by atoms with Gasteiger partial charge in [0, 0.05) is 26.1 Å². The van der Waals surface area contributed by atoms with E-state index in [1.807, 2.05) is 0 Å². The first-order valence-electron chi connectivity index (χ1n) is 6.52. The monoisotopic (exact) mass is 273 g/mol. The molecule has 2 amide bonds. The number of amides is 2. The Morgan fingerprint density at radius 3 is 2.37 bits per heavy atom. The highest BCUT2D eigenvalue weighted by Gasteiger charge is 2.18. The number of carbonyl (C=O) groups is 2. The fourth-order valence-corrected chi connectivity index (χ4v) is 1.70. The van der Waals surface area contributed by atoms with Crippen LogP contribution >= 0.6 is 0 Å². The summed E-state index contributed by atoms with van der Waals surface area (Å²) < 4.78 is 4.80. The third-order valence-electron chi connectivity index (χ3n) is 2.40. The third-order valence-corrected chi connectivity index (χ3v) is 2.40. The summed E-state index contributed by atoms with van der Waals surface area (Å²) in [6, 6.07) is -0.184. The zero-order chi connectivity index (χ0) is 14.9. The first-order valence-corrected chi connectivity index (χ1v) is 6.52. The molecule has 1 unspecified atom stereocenters. The molecule has 19 heavy (non-hydrogen) atoms. The fourth-order valence-electron chi connectivity index (χ4n) is 1.70. The highest BCUT2D eigenvalue weighted by molar-refractivity contribution is 5.84. The molecule has 112 valence electrons. The number of carbonyl (C=O) groups excluding carboxylic acids is 2. The molecule has 0 aromatic carbocycles. The zero-order valence-electron chi connectivity index (χ0n) is 12.4. The molecule has 0 heterocycles. The molecule has 0 aliphatic carbocycles. The van der Waals surface area contributed by atoms with Crippen molar-refractivity contribution in [3.63, 3.8) is 0 Å². The fraction of sp³-hybridized carbons (Fsp3) is 0.846. The van der Waals surface area contributed by atoms with Crippen LogP contribution in [0.3, 0.4) is 0 Å². The maximum atomic E-state index is 11.6. The number of ether oxygens (including phenoxy) is 1. The van der Waals surface area contributed by atoms with E-state index in [9.17, 15) is 9.59 Å². The van der Waals surface area contributed by atoms with E-state index in [0.29, 0.717) is 13.2 Å². The van der Waals surface area contributed by atoms with E-state index in [-0.39, 0.29) is 36.2 Å². The van der Waals surface area contributed by atoms with Crippen LogP contribution in [0.25, 0.3) is 0 Å². The van der Waals surface area contributed by atoms with Crippen molar-refractivity contribution in [2.45, 2.75) is 39.7 Å². The van der Waals surface area contributed by atoms with E-state index in [4.69, 9.17) is 10.5 Å². The van der Waals surface area contributed by atoms with Crippen LogP contribution in [0.1, 0.15) is 33.6 Å². The second kappa shape index (κ2) is 8.87. The molecule has 0 rings (SSSR count). The van der Waals surface area contributed by atoms with Gasteiger partial charge >= 0.3 is 0 Å². The Hall–Kier alpha value is -1.14. The van der Waals surface area contributed by atoms with Gasteiger partial charge in [-0.2, -0.15) is 0 Å². The molecule has 0 bridgehead atoms. The van der Waals surface area contributed by atoms with Gasteiger partial charge in [-0.1, -0.05) is 20.8 Å². The Morgan fingerprint density at radius 2 is 1.84 bits per heavy atom. The molecule has 6 heteroatoms. The highest BCUT2D eigenvalue weighted by Crippen LogP contribution is 2.20. The van der Waals surface area contributed by atoms with Gasteiger partial charge < -0.3 is 21.1 Å². The Bertz CT molecular complexity index is 287. The molecular formula is C13H27N3O3. The van der Waals surface area contributed by atoms with Crippen molar-refractivity contribution in [1.29, 1.82) is 0 Å². The van der Waals surface area contributed by atoms with Crippen molar-refractivity contribution in [3.05, 3.63) is 0 Å². The average Bonchev–Trinajstić information content (AvgIpc) is 2.24. The maximum Gasteiger partial charge on any atom is 0.239 e. The predicted molar refractivity (Wildman–Crippen MR) is 74.6 cm³/mol. The van der Waals surface area contributed by atoms with Gasteiger partial charge in [-0.3, -0.25) is 9.59 Å². The number of methoxy groups -OCH3 is 1. The standard InChI is InChI=1S/C13H27N3O3/c1-13(2,3)8-10(14)7-11(17)16-9-12(18)15-5-6-19-4/h10H,5-9,14H2,1-4H3,(H,15,18)(H,16,17). The van der Waals surface area contributed by atoms with E-state index >= 15 is 0 Å². The molecule has 4 N–H and O–H groups in total. The third kappa shape index (κ3) is 11.7. The minimum atomic E-state index is -0.227. The predicted octanol–water partition coefficient (Wildman–Crippen LogP) is 0.0188. The molecule has 6 nitrogen and oxygen atoms in total. The summed E-state index contributed by atoms with van der Waals surface area (Å²) >= 11 is 0. The quantitative estimate of drug-likeness (QED) is 0.543. The van der Waals surface area contributed by atoms with Gasteiger partial charge in [-0.25, -0.2) is 0 Å². The van der Waals surface area contributed by atoms with Gasteiger partial charge in [0.25, 0.3) is 0 Å². The van der Waals surface area contributed by atoms with Gasteiger partial charge in [-0.05, 0) is 11.8 Å². The minimum absolute atomic E-state index is 0.0230. The Kier molecular flexibility index (Phi) is 8.34. The van der Waals surface area contributed by atoms with Crippen molar-refractivity contribution in [2.24, 2.45) is 11.1 Å². The lowest BCUT2D eigenvalue weighted by Gasteiger charge is -2.22. The lowest BCUT2D eigenvalue weighted by atomic mass is 9.87. The van der Waals surface area contributed by atoms with Crippen molar-refractivity contribution < 1.29 is 14.3 Å². The van der Waals surface area contributed by atoms with Gasteiger partial charge in [0.15, 0.2) is 0 Å². The molecule has 0 saturated heterocycles. The van der Waals surface area contributed by atoms with Crippen LogP contribution in [-0.2, 0) is 14.3 Å². The van der Waals surface area contributed by atoms with E-state index < -0.39 is 0 Å². The molecular weight excluding hydrogens is 246 g/mol. The molecule has 0 aliphatic heterocycles. The number of hydrogen-bond acceptors (Lipinski definition) is 4. The number of nitrogens with one attached hydrogen (secondary N) is 2. The molecule has 0 aromatic rings. The lowest BCUT2D eigenvalue weighted by Crippen LogP contribution is -2.40. The van der Waals surface area contributed by atoms with Crippen LogP contribution in [-0.4, -0.2) is 44.7 Å². The summed E-state index contributed by atoms with van der Waals surface area (Å²) in [6.45, 7) is 7.10. The van der Waals surface area contributed by atoms with Gasteiger partial charge in [0.05, 0.1) is 13.2 Å². The number of rotatable bonds is 8. The van der Waals surface area contributed by atoms with E-state index in [1.54, 1.807) is 7.11 Å². The molecule has 0 aliphatic rings. The Labute approximate surface area is 115 Å². The second-order valence-corrected chi connectivity index (χ2v) is 5.85. The molecule has 1 atom stereocenters. The molecule has 0 fully saturated rings. The lowest BCUT2D eigenvalue weighted by molar-refractivity contribution is -0.126. The summed E-state index contributed by atoms with van der Waals surface area (Å²) in [5, 5.41) is 5.17. The summed E-state index contributed by atoms with van der Waals surface area (Å²) in [6.07, 6.45) is 1.00. The normalized spacial score (nSPS) is 12.9. The van der Waals surface area contributed by atoms with E-state index in [0.717, 1.165) is 6.42 Å². The summed E-state index contributed by atoms with van der Waals surface area (Å²) in [7, 11) is 1.56. The van der Waals surface area contributed by atoms with Crippen molar-refractivity contribution in [2.75, 3.05) is 26.8 Å². The van der Waals surface area contributed by atoms with Crippen LogP contribution in [0, 0.1) is 5.41 Å². The molecule has 0 spiro atoms. The van der Waals surface area contributed by atoms with Crippen LogP contribution in [0.5, 0.6) is 0 Å². The maximum absolute atomic E-state index is 11.6.